The van der Waals surface area contributed by atoms with E-state index in [-0.39, 0.29) is 17.4 Å². The fraction of sp³-hybridized carbons (Fsp3) is 0.789. The molecule has 0 spiro atoms. The number of oxazole rings is 1. The largest absolute Gasteiger partial charge is 0.432 e. The average molecular weight is 349 g/mol. The molecule has 2 aliphatic rings. The first-order valence-corrected chi connectivity index (χ1v) is 9.52. The number of hydrogen-bond acceptors (Lipinski definition) is 5. The van der Waals surface area contributed by atoms with Crippen LogP contribution in [0.5, 0.6) is 0 Å². The van der Waals surface area contributed by atoms with Gasteiger partial charge in [-0.2, -0.15) is 4.98 Å². The van der Waals surface area contributed by atoms with Crippen molar-refractivity contribution in [2.75, 3.05) is 31.6 Å². The third-order valence-electron chi connectivity index (χ3n) is 5.25. The van der Waals surface area contributed by atoms with Crippen molar-refractivity contribution in [3.8, 4) is 0 Å². The third kappa shape index (κ3) is 4.82. The zero-order valence-corrected chi connectivity index (χ0v) is 15.7. The van der Waals surface area contributed by atoms with Crippen LogP contribution in [0.25, 0.3) is 0 Å². The van der Waals surface area contributed by atoms with Crippen molar-refractivity contribution >= 4 is 11.9 Å². The van der Waals surface area contributed by atoms with Crippen LogP contribution in [0.3, 0.4) is 0 Å². The van der Waals surface area contributed by atoms with E-state index in [9.17, 15) is 4.79 Å². The summed E-state index contributed by atoms with van der Waals surface area (Å²) in [7, 11) is 0. The Bertz CT molecular complexity index is 573. The van der Waals surface area contributed by atoms with Gasteiger partial charge >= 0.3 is 6.01 Å². The van der Waals surface area contributed by atoms with Gasteiger partial charge in [0, 0.05) is 25.2 Å². The average Bonchev–Trinajstić information content (AvgIpc) is 3.05. The minimum Gasteiger partial charge on any atom is -0.432 e. The SMILES string of the molecule is CC(C)(C)c1coc(NC(=O)C2CCCCN2CC2CCOCC2)n1. The van der Waals surface area contributed by atoms with Crippen LogP contribution < -0.4 is 5.32 Å². The van der Waals surface area contributed by atoms with Gasteiger partial charge in [-0.25, -0.2) is 0 Å². The normalized spacial score (nSPS) is 23.6. The van der Waals surface area contributed by atoms with Crippen molar-refractivity contribution in [2.24, 2.45) is 5.92 Å². The monoisotopic (exact) mass is 349 g/mol. The number of rotatable bonds is 4. The number of amides is 1. The maximum Gasteiger partial charge on any atom is 0.301 e. The molecule has 3 heterocycles. The Morgan fingerprint density at radius 3 is 2.72 bits per heavy atom. The number of carbonyl (C=O) groups excluding carboxylic acids is 1. The molecule has 1 N–H and O–H groups in total. The molecule has 140 valence electrons. The van der Waals surface area contributed by atoms with Crippen LogP contribution in [0.2, 0.25) is 0 Å². The van der Waals surface area contributed by atoms with Crippen molar-refractivity contribution < 1.29 is 13.9 Å². The molecule has 2 aliphatic heterocycles. The van der Waals surface area contributed by atoms with Crippen LogP contribution >= 0.6 is 0 Å². The first-order valence-electron chi connectivity index (χ1n) is 9.52. The molecule has 1 aromatic heterocycles. The van der Waals surface area contributed by atoms with Gasteiger partial charge in [-0.3, -0.25) is 15.0 Å². The maximum atomic E-state index is 12.8. The van der Waals surface area contributed by atoms with Crippen molar-refractivity contribution in [1.29, 1.82) is 0 Å². The lowest BCUT2D eigenvalue weighted by Crippen LogP contribution is -2.49. The van der Waals surface area contributed by atoms with E-state index >= 15 is 0 Å². The van der Waals surface area contributed by atoms with Crippen LogP contribution in [0.4, 0.5) is 6.01 Å². The van der Waals surface area contributed by atoms with E-state index < -0.39 is 0 Å². The number of nitrogens with one attached hydrogen (secondary N) is 1. The molecule has 1 atom stereocenters. The molecule has 0 aliphatic carbocycles. The van der Waals surface area contributed by atoms with Gasteiger partial charge in [-0.1, -0.05) is 27.2 Å². The number of piperidine rings is 1. The molecule has 0 saturated carbocycles. The zero-order chi connectivity index (χ0) is 17.9. The highest BCUT2D eigenvalue weighted by Crippen LogP contribution is 2.25. The maximum absolute atomic E-state index is 12.8. The van der Waals surface area contributed by atoms with Crippen molar-refractivity contribution in [3.63, 3.8) is 0 Å². The molecule has 6 nitrogen and oxygen atoms in total. The fourth-order valence-electron chi connectivity index (χ4n) is 3.63. The van der Waals surface area contributed by atoms with Gasteiger partial charge in [0.2, 0.25) is 5.91 Å². The quantitative estimate of drug-likeness (QED) is 0.904. The van der Waals surface area contributed by atoms with E-state index in [1.165, 1.54) is 6.42 Å². The minimum atomic E-state index is -0.0909. The molecule has 25 heavy (non-hydrogen) atoms. The number of ether oxygens (including phenoxy) is 1. The van der Waals surface area contributed by atoms with Crippen molar-refractivity contribution in [3.05, 3.63) is 12.0 Å². The Kier molecular flexibility index (Phi) is 5.79. The van der Waals surface area contributed by atoms with Crippen LogP contribution in [-0.4, -0.2) is 48.1 Å². The molecule has 0 radical (unpaired) electrons. The summed E-state index contributed by atoms with van der Waals surface area (Å²) in [5.74, 6) is 0.644. The highest BCUT2D eigenvalue weighted by atomic mass is 16.5. The molecular formula is C19H31N3O3. The lowest BCUT2D eigenvalue weighted by molar-refractivity contribution is -0.123. The first kappa shape index (κ1) is 18.4. The van der Waals surface area contributed by atoms with E-state index in [1.54, 1.807) is 6.26 Å². The van der Waals surface area contributed by atoms with Gasteiger partial charge in [0.15, 0.2) is 0 Å². The number of aromatic nitrogens is 1. The van der Waals surface area contributed by atoms with Crippen molar-refractivity contribution in [1.82, 2.24) is 9.88 Å². The number of hydrogen-bond donors (Lipinski definition) is 1. The molecule has 1 unspecified atom stereocenters. The summed E-state index contributed by atoms with van der Waals surface area (Å²) in [6, 6.07) is 0.230. The second kappa shape index (κ2) is 7.87. The Labute approximate surface area is 150 Å². The van der Waals surface area contributed by atoms with Gasteiger partial charge in [-0.05, 0) is 38.1 Å². The van der Waals surface area contributed by atoms with E-state index in [1.807, 2.05) is 0 Å². The van der Waals surface area contributed by atoms with E-state index in [0.29, 0.717) is 11.9 Å². The van der Waals surface area contributed by atoms with Crippen LogP contribution in [0.15, 0.2) is 10.7 Å². The molecular weight excluding hydrogens is 318 g/mol. The van der Waals surface area contributed by atoms with Gasteiger partial charge in [0.05, 0.1) is 11.7 Å². The highest BCUT2D eigenvalue weighted by molar-refractivity contribution is 5.93. The van der Waals surface area contributed by atoms with E-state index in [0.717, 1.165) is 57.7 Å². The number of likely N-dealkylation sites (tertiary alicyclic amines) is 1. The number of nitrogens with zero attached hydrogens (tertiary/aromatic N) is 2. The molecule has 2 saturated heterocycles. The summed E-state index contributed by atoms with van der Waals surface area (Å²) in [5, 5.41) is 2.89. The molecule has 1 amide bonds. The predicted octanol–water partition coefficient (Wildman–Crippen LogP) is 3.19. The summed E-state index contributed by atoms with van der Waals surface area (Å²) < 4.78 is 10.9. The second-order valence-corrected chi connectivity index (χ2v) is 8.34. The Morgan fingerprint density at radius 1 is 1.28 bits per heavy atom. The van der Waals surface area contributed by atoms with Crippen LogP contribution in [0, 0.1) is 5.92 Å². The minimum absolute atomic E-state index is 0.00840. The molecule has 0 bridgehead atoms. The smallest absolute Gasteiger partial charge is 0.301 e. The summed E-state index contributed by atoms with van der Waals surface area (Å²) >= 11 is 0. The summed E-state index contributed by atoms with van der Waals surface area (Å²) in [5.41, 5.74) is 0.761. The van der Waals surface area contributed by atoms with Crippen LogP contribution in [0.1, 0.15) is 58.6 Å². The third-order valence-corrected chi connectivity index (χ3v) is 5.25. The summed E-state index contributed by atoms with van der Waals surface area (Å²) in [6.45, 7) is 9.91. The lowest BCUT2D eigenvalue weighted by atomic mass is 9.93. The summed E-state index contributed by atoms with van der Waals surface area (Å²) in [4.78, 5) is 19.6. The molecule has 0 aromatic carbocycles. The zero-order valence-electron chi connectivity index (χ0n) is 15.7. The summed E-state index contributed by atoms with van der Waals surface area (Å²) in [6.07, 6.45) is 7.00. The fourth-order valence-corrected chi connectivity index (χ4v) is 3.63. The van der Waals surface area contributed by atoms with Crippen molar-refractivity contribution in [2.45, 2.75) is 64.3 Å². The van der Waals surface area contributed by atoms with E-state index in [2.05, 4.69) is 36.0 Å². The molecule has 6 heteroatoms. The molecule has 3 rings (SSSR count). The number of carbonyl (C=O) groups is 1. The first-order chi connectivity index (χ1) is 11.9. The Morgan fingerprint density at radius 2 is 2.04 bits per heavy atom. The van der Waals surface area contributed by atoms with Crippen LogP contribution in [-0.2, 0) is 14.9 Å². The molecule has 1 aromatic rings. The Balaban J connectivity index is 1.61. The standard InChI is InChI=1S/C19H31N3O3/c1-19(2,3)16-13-25-18(20-16)21-17(23)15-6-4-5-9-22(15)12-14-7-10-24-11-8-14/h13-15H,4-12H2,1-3H3,(H,20,21,23). The Hall–Kier alpha value is -1.40. The topological polar surface area (TPSA) is 67.6 Å². The molecule has 2 fully saturated rings. The van der Waals surface area contributed by atoms with Gasteiger partial charge in [0.25, 0.3) is 0 Å². The predicted molar refractivity (Wildman–Crippen MR) is 96.6 cm³/mol. The second-order valence-electron chi connectivity index (χ2n) is 8.34. The van der Waals surface area contributed by atoms with Gasteiger partial charge in [0.1, 0.15) is 6.26 Å². The van der Waals surface area contributed by atoms with E-state index in [4.69, 9.17) is 9.15 Å². The van der Waals surface area contributed by atoms with Gasteiger partial charge < -0.3 is 9.15 Å². The van der Waals surface area contributed by atoms with Gasteiger partial charge in [-0.15, -0.1) is 0 Å². The highest BCUT2D eigenvalue weighted by Gasteiger charge is 2.31. The number of anilines is 1. The lowest BCUT2D eigenvalue weighted by Gasteiger charge is -2.37.